The van der Waals surface area contributed by atoms with Gasteiger partial charge in [0.2, 0.25) is 5.82 Å². The molecule has 0 aliphatic carbocycles. The average molecular weight is 254 g/mol. The highest BCUT2D eigenvalue weighted by molar-refractivity contribution is 5.60. The lowest BCUT2D eigenvalue weighted by atomic mass is 10.2. The normalized spacial score (nSPS) is 11.9. The van der Waals surface area contributed by atoms with Crippen LogP contribution in [0.25, 0.3) is 0 Å². The summed E-state index contributed by atoms with van der Waals surface area (Å²) in [6.45, 7) is 3.14. The van der Waals surface area contributed by atoms with Gasteiger partial charge in [0.05, 0.1) is 11.5 Å². The molecule has 0 saturated heterocycles. The number of nitro groups is 1. The van der Waals surface area contributed by atoms with Gasteiger partial charge in [-0.3, -0.25) is 10.1 Å². The molecule has 0 aromatic carbocycles. The molecule has 1 heterocycles. The van der Waals surface area contributed by atoms with Crippen molar-refractivity contribution in [3.05, 3.63) is 22.2 Å². The first-order chi connectivity index (χ1) is 8.58. The summed E-state index contributed by atoms with van der Waals surface area (Å²) in [6, 6.07) is 3.00. The lowest BCUT2D eigenvalue weighted by Crippen LogP contribution is -2.17. The molecule has 18 heavy (non-hydrogen) atoms. The van der Waals surface area contributed by atoms with Gasteiger partial charge in [0.25, 0.3) is 0 Å². The largest absolute Gasteiger partial charge is 0.384 e. The lowest BCUT2D eigenvalue weighted by Gasteiger charge is -2.12. The third-order valence-electron chi connectivity index (χ3n) is 2.40. The second kappa shape index (κ2) is 6.75. The zero-order valence-electron chi connectivity index (χ0n) is 10.8. The maximum Gasteiger partial charge on any atom is 0.311 e. The van der Waals surface area contributed by atoms with Crippen molar-refractivity contribution in [1.29, 1.82) is 0 Å². The molecule has 1 aromatic rings. The Morgan fingerprint density at radius 3 is 2.83 bits per heavy atom. The molecule has 0 aliphatic rings. The number of ether oxygens (including phenoxy) is 1. The van der Waals surface area contributed by atoms with Gasteiger partial charge < -0.3 is 15.4 Å². The lowest BCUT2D eigenvalue weighted by molar-refractivity contribution is -0.384. The van der Waals surface area contributed by atoms with Gasteiger partial charge in [0.1, 0.15) is 5.82 Å². The Morgan fingerprint density at radius 1 is 1.56 bits per heavy atom. The van der Waals surface area contributed by atoms with E-state index in [9.17, 15) is 10.1 Å². The van der Waals surface area contributed by atoms with Crippen molar-refractivity contribution >= 4 is 17.3 Å². The number of rotatable bonds is 7. The van der Waals surface area contributed by atoms with Crippen LogP contribution < -0.4 is 10.6 Å². The summed E-state index contributed by atoms with van der Waals surface area (Å²) in [6.07, 6.45) is 0. The van der Waals surface area contributed by atoms with Crippen molar-refractivity contribution in [2.24, 2.45) is 5.92 Å². The van der Waals surface area contributed by atoms with Crippen LogP contribution in [0.2, 0.25) is 0 Å². The SMILES string of the molecule is CNc1ccc([N+](=O)[O-])c(NCC(C)COC)n1. The molecule has 7 heteroatoms. The Bertz CT molecular complexity index is 411. The Kier molecular flexibility index (Phi) is 5.31. The molecule has 100 valence electrons. The van der Waals surface area contributed by atoms with E-state index in [4.69, 9.17) is 4.74 Å². The quantitative estimate of drug-likeness (QED) is 0.569. The van der Waals surface area contributed by atoms with Crippen LogP contribution in [0.3, 0.4) is 0 Å². The van der Waals surface area contributed by atoms with Gasteiger partial charge in [0.15, 0.2) is 0 Å². The molecular formula is C11H18N4O3. The van der Waals surface area contributed by atoms with Gasteiger partial charge in [0, 0.05) is 26.8 Å². The first-order valence-corrected chi connectivity index (χ1v) is 5.64. The van der Waals surface area contributed by atoms with Crippen LogP contribution in [0.15, 0.2) is 12.1 Å². The predicted octanol–water partition coefficient (Wildman–Crippen LogP) is 1.73. The molecule has 0 saturated carbocycles. The molecule has 2 N–H and O–H groups in total. The Hall–Kier alpha value is -1.89. The molecule has 1 atom stereocenters. The van der Waals surface area contributed by atoms with Gasteiger partial charge >= 0.3 is 5.69 Å². The predicted molar refractivity (Wildman–Crippen MR) is 70.0 cm³/mol. The highest BCUT2D eigenvalue weighted by Gasteiger charge is 2.16. The highest BCUT2D eigenvalue weighted by Crippen LogP contribution is 2.23. The van der Waals surface area contributed by atoms with E-state index >= 15 is 0 Å². The summed E-state index contributed by atoms with van der Waals surface area (Å²) in [5.74, 6) is 1.10. The second-order valence-electron chi connectivity index (χ2n) is 4.01. The molecule has 7 nitrogen and oxygen atoms in total. The average Bonchev–Trinajstić information content (AvgIpc) is 2.36. The highest BCUT2D eigenvalue weighted by atomic mass is 16.6. The minimum Gasteiger partial charge on any atom is -0.384 e. The molecule has 0 spiro atoms. The fourth-order valence-electron chi connectivity index (χ4n) is 1.48. The number of nitrogens with one attached hydrogen (secondary N) is 2. The standard InChI is InChI=1S/C11H18N4O3/c1-8(7-18-3)6-13-11-9(15(16)17)4-5-10(12-2)14-11/h4-5,8H,6-7H2,1-3H3,(H2,12,13,14). The van der Waals surface area contributed by atoms with Gasteiger partial charge in [-0.2, -0.15) is 0 Å². The summed E-state index contributed by atoms with van der Waals surface area (Å²) in [5.41, 5.74) is -0.0291. The third-order valence-corrected chi connectivity index (χ3v) is 2.40. The summed E-state index contributed by atoms with van der Waals surface area (Å²) in [7, 11) is 3.34. The van der Waals surface area contributed by atoms with Gasteiger partial charge in [-0.1, -0.05) is 6.92 Å². The van der Waals surface area contributed by atoms with E-state index in [1.54, 1.807) is 20.2 Å². The molecule has 0 aliphatic heterocycles. The molecule has 0 bridgehead atoms. The molecule has 0 amide bonds. The first-order valence-electron chi connectivity index (χ1n) is 5.64. The van der Waals surface area contributed by atoms with E-state index in [-0.39, 0.29) is 17.4 Å². The number of methoxy groups -OCH3 is 1. The van der Waals surface area contributed by atoms with E-state index in [0.29, 0.717) is 19.0 Å². The topological polar surface area (TPSA) is 89.3 Å². The van der Waals surface area contributed by atoms with Crippen molar-refractivity contribution in [2.45, 2.75) is 6.92 Å². The van der Waals surface area contributed by atoms with Gasteiger partial charge in [-0.25, -0.2) is 4.98 Å². The van der Waals surface area contributed by atoms with Crippen LogP contribution >= 0.6 is 0 Å². The van der Waals surface area contributed by atoms with Gasteiger partial charge in [-0.05, 0) is 12.0 Å². The minimum atomic E-state index is -0.449. The monoisotopic (exact) mass is 254 g/mol. The molecule has 1 rings (SSSR count). The number of pyridine rings is 1. The maximum atomic E-state index is 10.9. The second-order valence-corrected chi connectivity index (χ2v) is 4.01. The van der Waals surface area contributed by atoms with Crippen LogP contribution in [0.1, 0.15) is 6.92 Å². The van der Waals surface area contributed by atoms with E-state index in [1.807, 2.05) is 6.92 Å². The maximum absolute atomic E-state index is 10.9. The van der Waals surface area contributed by atoms with Crippen LogP contribution in [0.4, 0.5) is 17.3 Å². The minimum absolute atomic E-state index is 0.0291. The van der Waals surface area contributed by atoms with Gasteiger partial charge in [-0.15, -0.1) is 0 Å². The smallest absolute Gasteiger partial charge is 0.311 e. The number of nitrogens with zero attached hydrogens (tertiary/aromatic N) is 2. The van der Waals surface area contributed by atoms with Crippen LogP contribution in [0, 0.1) is 16.0 Å². The summed E-state index contributed by atoms with van der Waals surface area (Å²) >= 11 is 0. The fourth-order valence-corrected chi connectivity index (χ4v) is 1.48. The summed E-state index contributed by atoms with van der Waals surface area (Å²) < 4.78 is 5.01. The first kappa shape index (κ1) is 14.2. The van der Waals surface area contributed by atoms with Crippen molar-refractivity contribution < 1.29 is 9.66 Å². The molecule has 1 unspecified atom stereocenters. The van der Waals surface area contributed by atoms with Crippen molar-refractivity contribution in [1.82, 2.24) is 4.98 Å². The van der Waals surface area contributed by atoms with Crippen molar-refractivity contribution in [3.8, 4) is 0 Å². The van der Waals surface area contributed by atoms with E-state index in [0.717, 1.165) is 0 Å². The zero-order chi connectivity index (χ0) is 13.5. The van der Waals surface area contributed by atoms with E-state index in [2.05, 4.69) is 15.6 Å². The molecule has 1 aromatic heterocycles. The number of anilines is 2. The Labute approximate surface area is 106 Å². The van der Waals surface area contributed by atoms with Crippen molar-refractivity contribution in [2.75, 3.05) is 37.9 Å². The number of aromatic nitrogens is 1. The summed E-state index contributed by atoms with van der Waals surface area (Å²) in [4.78, 5) is 14.6. The molecular weight excluding hydrogens is 236 g/mol. The van der Waals surface area contributed by atoms with Crippen LogP contribution in [-0.4, -0.2) is 37.2 Å². The fraction of sp³-hybridized carbons (Fsp3) is 0.545. The third kappa shape index (κ3) is 3.85. The number of hydrogen-bond donors (Lipinski definition) is 2. The Balaban J connectivity index is 2.80. The zero-order valence-corrected chi connectivity index (χ0v) is 10.8. The summed E-state index contributed by atoms with van der Waals surface area (Å²) in [5, 5.41) is 16.7. The Morgan fingerprint density at radius 2 is 2.28 bits per heavy atom. The van der Waals surface area contributed by atoms with E-state index in [1.165, 1.54) is 6.07 Å². The number of hydrogen-bond acceptors (Lipinski definition) is 6. The molecule has 0 fully saturated rings. The molecule has 0 radical (unpaired) electrons. The van der Waals surface area contributed by atoms with Crippen molar-refractivity contribution in [3.63, 3.8) is 0 Å². The van der Waals surface area contributed by atoms with Crippen LogP contribution in [0.5, 0.6) is 0 Å². The van der Waals surface area contributed by atoms with E-state index < -0.39 is 4.92 Å². The van der Waals surface area contributed by atoms with Crippen LogP contribution in [-0.2, 0) is 4.74 Å².